The van der Waals surface area contributed by atoms with Gasteiger partial charge < -0.3 is 5.11 Å². The SMILES string of the molecule is CC1(O)CCN(Cc2cncc(F)c2)C1. The maximum absolute atomic E-state index is 12.9. The highest BCUT2D eigenvalue weighted by Crippen LogP contribution is 2.21. The third-order valence-corrected chi connectivity index (χ3v) is 2.70. The van der Waals surface area contributed by atoms with Crippen LogP contribution in [-0.2, 0) is 6.54 Å². The van der Waals surface area contributed by atoms with Crippen LogP contribution in [0.4, 0.5) is 4.39 Å². The number of pyridine rings is 1. The van der Waals surface area contributed by atoms with Crippen LogP contribution in [0.1, 0.15) is 18.9 Å². The van der Waals surface area contributed by atoms with Gasteiger partial charge in [0, 0.05) is 25.8 Å². The summed E-state index contributed by atoms with van der Waals surface area (Å²) < 4.78 is 12.9. The lowest BCUT2D eigenvalue weighted by Gasteiger charge is -2.18. The summed E-state index contributed by atoms with van der Waals surface area (Å²) in [7, 11) is 0. The fourth-order valence-corrected chi connectivity index (χ4v) is 1.97. The third-order valence-electron chi connectivity index (χ3n) is 2.70. The van der Waals surface area contributed by atoms with E-state index >= 15 is 0 Å². The van der Waals surface area contributed by atoms with E-state index in [0.29, 0.717) is 13.1 Å². The van der Waals surface area contributed by atoms with Gasteiger partial charge in [-0.2, -0.15) is 0 Å². The molecule has 2 heterocycles. The maximum atomic E-state index is 12.9. The molecular formula is C11H15FN2O. The summed E-state index contributed by atoms with van der Waals surface area (Å²) >= 11 is 0. The van der Waals surface area contributed by atoms with Gasteiger partial charge in [0.2, 0.25) is 0 Å². The van der Waals surface area contributed by atoms with Crippen LogP contribution in [-0.4, -0.2) is 33.7 Å². The molecule has 0 aromatic carbocycles. The van der Waals surface area contributed by atoms with E-state index in [1.54, 1.807) is 6.20 Å². The van der Waals surface area contributed by atoms with Gasteiger partial charge in [0.05, 0.1) is 11.8 Å². The van der Waals surface area contributed by atoms with Crippen LogP contribution >= 0.6 is 0 Å². The molecule has 1 N–H and O–H groups in total. The van der Waals surface area contributed by atoms with Crippen LogP contribution in [0.2, 0.25) is 0 Å². The van der Waals surface area contributed by atoms with E-state index < -0.39 is 5.60 Å². The van der Waals surface area contributed by atoms with Gasteiger partial charge in [0.1, 0.15) is 5.82 Å². The summed E-state index contributed by atoms with van der Waals surface area (Å²) in [5.41, 5.74) is 0.258. The maximum Gasteiger partial charge on any atom is 0.141 e. The second kappa shape index (κ2) is 3.87. The Bertz CT molecular complexity index is 354. The van der Waals surface area contributed by atoms with E-state index in [4.69, 9.17) is 0 Å². The molecule has 0 spiro atoms. The molecule has 1 fully saturated rings. The van der Waals surface area contributed by atoms with Gasteiger partial charge in [-0.1, -0.05) is 0 Å². The average Bonchev–Trinajstić information content (AvgIpc) is 2.45. The minimum Gasteiger partial charge on any atom is -0.389 e. The molecule has 3 nitrogen and oxygen atoms in total. The van der Waals surface area contributed by atoms with Crippen LogP contribution in [0.5, 0.6) is 0 Å². The smallest absolute Gasteiger partial charge is 0.141 e. The molecule has 15 heavy (non-hydrogen) atoms. The normalized spacial score (nSPS) is 27.1. The molecule has 1 aromatic heterocycles. The lowest BCUT2D eigenvalue weighted by Crippen LogP contribution is -2.29. The second-order valence-corrected chi connectivity index (χ2v) is 4.47. The standard InChI is InChI=1S/C11H15FN2O/c1-11(15)2-3-14(8-11)7-9-4-10(12)6-13-5-9/h4-6,15H,2-3,7-8H2,1H3. The van der Waals surface area contributed by atoms with Crippen LogP contribution in [0, 0.1) is 5.82 Å². The van der Waals surface area contributed by atoms with Crippen molar-refractivity contribution in [3.63, 3.8) is 0 Å². The number of aliphatic hydroxyl groups is 1. The summed E-state index contributed by atoms with van der Waals surface area (Å²) in [5.74, 6) is -0.307. The van der Waals surface area contributed by atoms with Gasteiger partial charge in [-0.15, -0.1) is 0 Å². The van der Waals surface area contributed by atoms with Crippen LogP contribution < -0.4 is 0 Å². The summed E-state index contributed by atoms with van der Waals surface area (Å²) in [5, 5.41) is 9.77. The van der Waals surface area contributed by atoms with Crippen LogP contribution in [0.3, 0.4) is 0 Å². The molecule has 1 saturated heterocycles. The van der Waals surface area contributed by atoms with Gasteiger partial charge in [-0.05, 0) is 25.0 Å². The predicted molar refractivity (Wildman–Crippen MR) is 54.7 cm³/mol. The van der Waals surface area contributed by atoms with Crippen molar-refractivity contribution in [3.05, 3.63) is 29.8 Å². The van der Waals surface area contributed by atoms with Crippen LogP contribution in [0.15, 0.2) is 18.5 Å². The molecular weight excluding hydrogens is 195 g/mol. The molecule has 0 saturated carbocycles. The highest BCUT2D eigenvalue weighted by atomic mass is 19.1. The first-order chi connectivity index (χ1) is 7.05. The van der Waals surface area contributed by atoms with Crippen molar-refractivity contribution < 1.29 is 9.50 Å². The lowest BCUT2D eigenvalue weighted by atomic mass is 10.1. The quantitative estimate of drug-likeness (QED) is 0.796. The number of likely N-dealkylation sites (tertiary alicyclic amines) is 1. The second-order valence-electron chi connectivity index (χ2n) is 4.47. The molecule has 0 bridgehead atoms. The number of halogens is 1. The highest BCUT2D eigenvalue weighted by molar-refractivity contribution is 5.10. The number of aromatic nitrogens is 1. The van der Waals surface area contributed by atoms with Crippen LogP contribution in [0.25, 0.3) is 0 Å². The fourth-order valence-electron chi connectivity index (χ4n) is 1.97. The summed E-state index contributed by atoms with van der Waals surface area (Å²) in [6.45, 7) is 3.98. The first kappa shape index (κ1) is 10.5. The van der Waals surface area contributed by atoms with E-state index in [1.807, 2.05) is 6.92 Å². The minimum atomic E-state index is -0.596. The number of β-amino-alcohol motifs (C(OH)–C–C–N with tert-alkyl or cyclic N) is 1. The first-order valence-corrected chi connectivity index (χ1v) is 5.09. The van der Waals surface area contributed by atoms with E-state index in [-0.39, 0.29) is 5.82 Å². The average molecular weight is 210 g/mol. The minimum absolute atomic E-state index is 0.307. The lowest BCUT2D eigenvalue weighted by molar-refractivity contribution is 0.0679. The molecule has 1 unspecified atom stereocenters. The number of rotatable bonds is 2. The Hall–Kier alpha value is -1.00. The monoisotopic (exact) mass is 210 g/mol. The predicted octanol–water partition coefficient (Wildman–Crippen LogP) is 1.18. The Labute approximate surface area is 88.6 Å². The topological polar surface area (TPSA) is 36.4 Å². The zero-order valence-corrected chi connectivity index (χ0v) is 8.78. The van der Waals surface area contributed by atoms with E-state index in [0.717, 1.165) is 18.5 Å². The van der Waals surface area contributed by atoms with Crippen molar-refractivity contribution in [1.82, 2.24) is 9.88 Å². The van der Waals surface area contributed by atoms with Gasteiger partial charge >= 0.3 is 0 Å². The molecule has 82 valence electrons. The Morgan fingerprint density at radius 2 is 2.40 bits per heavy atom. The molecule has 0 amide bonds. The zero-order chi connectivity index (χ0) is 10.9. The van der Waals surface area contributed by atoms with Crippen molar-refractivity contribution in [2.75, 3.05) is 13.1 Å². The zero-order valence-electron chi connectivity index (χ0n) is 8.78. The number of hydrogen-bond donors (Lipinski definition) is 1. The van der Waals surface area contributed by atoms with Crippen molar-refractivity contribution in [1.29, 1.82) is 0 Å². The van der Waals surface area contributed by atoms with Gasteiger partial charge in [0.15, 0.2) is 0 Å². The van der Waals surface area contributed by atoms with Gasteiger partial charge in [0.25, 0.3) is 0 Å². The van der Waals surface area contributed by atoms with E-state index in [2.05, 4.69) is 9.88 Å². The van der Waals surface area contributed by atoms with Crippen molar-refractivity contribution in [2.45, 2.75) is 25.5 Å². The van der Waals surface area contributed by atoms with Gasteiger partial charge in [-0.25, -0.2) is 4.39 Å². The molecule has 0 aliphatic carbocycles. The summed E-state index contributed by atoms with van der Waals surface area (Å²) in [6.07, 6.45) is 3.63. The molecule has 4 heteroatoms. The molecule has 2 rings (SSSR count). The summed E-state index contributed by atoms with van der Waals surface area (Å²) in [6, 6.07) is 1.49. The Kier molecular flexibility index (Phi) is 2.71. The largest absolute Gasteiger partial charge is 0.389 e. The van der Waals surface area contributed by atoms with Crippen molar-refractivity contribution in [3.8, 4) is 0 Å². The summed E-state index contributed by atoms with van der Waals surface area (Å²) in [4.78, 5) is 5.91. The number of hydrogen-bond acceptors (Lipinski definition) is 3. The Morgan fingerprint density at radius 3 is 3.00 bits per heavy atom. The Balaban J connectivity index is 1.99. The first-order valence-electron chi connectivity index (χ1n) is 5.09. The van der Waals surface area contributed by atoms with E-state index in [9.17, 15) is 9.50 Å². The third kappa shape index (κ3) is 2.73. The highest BCUT2D eigenvalue weighted by Gasteiger charge is 2.30. The molecule has 1 aliphatic rings. The fraction of sp³-hybridized carbons (Fsp3) is 0.545. The molecule has 1 aliphatic heterocycles. The van der Waals surface area contributed by atoms with Crippen molar-refractivity contribution >= 4 is 0 Å². The molecule has 1 aromatic rings. The molecule has 0 radical (unpaired) electrons. The number of nitrogens with zero attached hydrogens (tertiary/aromatic N) is 2. The van der Waals surface area contributed by atoms with E-state index in [1.165, 1.54) is 12.3 Å². The molecule has 1 atom stereocenters. The van der Waals surface area contributed by atoms with Crippen molar-refractivity contribution in [2.24, 2.45) is 0 Å². The van der Waals surface area contributed by atoms with Gasteiger partial charge in [-0.3, -0.25) is 9.88 Å². The Morgan fingerprint density at radius 1 is 1.60 bits per heavy atom.